The van der Waals surface area contributed by atoms with Crippen molar-refractivity contribution in [3.63, 3.8) is 0 Å². The summed E-state index contributed by atoms with van der Waals surface area (Å²) in [6, 6.07) is 5.59. The number of rotatable bonds is 6. The average Bonchev–Trinajstić information content (AvgIpc) is 2.43. The molecule has 0 aliphatic carbocycles. The Morgan fingerprint density at radius 3 is 3.00 bits per heavy atom. The number of ether oxygens (including phenoxy) is 1. The van der Waals surface area contributed by atoms with Crippen molar-refractivity contribution in [2.45, 2.75) is 25.7 Å². The predicted molar refractivity (Wildman–Crippen MR) is 75.0 cm³/mol. The van der Waals surface area contributed by atoms with Crippen LogP contribution >= 0.6 is 0 Å². The molecular weight excluding hydrogens is 242 g/mol. The van der Waals surface area contributed by atoms with Crippen molar-refractivity contribution in [1.82, 2.24) is 0 Å². The molecular formula is C15H21NO3. The third kappa shape index (κ3) is 3.26. The van der Waals surface area contributed by atoms with Crippen LogP contribution in [0.15, 0.2) is 18.2 Å². The third-order valence-corrected chi connectivity index (χ3v) is 3.60. The molecule has 1 heterocycles. The van der Waals surface area contributed by atoms with E-state index in [0.29, 0.717) is 5.56 Å². The van der Waals surface area contributed by atoms with Crippen molar-refractivity contribution in [1.29, 1.82) is 0 Å². The lowest BCUT2D eigenvalue weighted by molar-refractivity contribution is 0.0695. The number of aromatic carboxylic acids is 1. The van der Waals surface area contributed by atoms with Gasteiger partial charge in [-0.1, -0.05) is 6.07 Å². The molecule has 0 saturated carbocycles. The Labute approximate surface area is 114 Å². The van der Waals surface area contributed by atoms with Crippen LogP contribution in [0.25, 0.3) is 0 Å². The SMILES string of the molecule is COCCCCN1CCCc2c(C(=O)O)cccc21. The molecule has 19 heavy (non-hydrogen) atoms. The molecule has 0 amide bonds. The van der Waals surface area contributed by atoms with Gasteiger partial charge in [0.25, 0.3) is 0 Å². The van der Waals surface area contributed by atoms with Crippen LogP contribution in [-0.2, 0) is 11.2 Å². The Morgan fingerprint density at radius 1 is 1.42 bits per heavy atom. The summed E-state index contributed by atoms with van der Waals surface area (Å²) in [5.74, 6) is -0.821. The minimum absolute atomic E-state index is 0.457. The van der Waals surface area contributed by atoms with E-state index in [-0.39, 0.29) is 0 Å². The molecule has 1 aromatic carbocycles. The van der Waals surface area contributed by atoms with E-state index in [9.17, 15) is 9.90 Å². The van der Waals surface area contributed by atoms with Crippen molar-refractivity contribution < 1.29 is 14.6 Å². The summed E-state index contributed by atoms with van der Waals surface area (Å²) in [7, 11) is 1.72. The van der Waals surface area contributed by atoms with Crippen LogP contribution in [0.5, 0.6) is 0 Å². The second-order valence-corrected chi connectivity index (χ2v) is 4.90. The topological polar surface area (TPSA) is 49.8 Å². The van der Waals surface area contributed by atoms with Crippen LogP contribution < -0.4 is 4.90 Å². The van der Waals surface area contributed by atoms with Crippen molar-refractivity contribution >= 4 is 11.7 Å². The van der Waals surface area contributed by atoms with Crippen molar-refractivity contribution in [2.75, 3.05) is 31.7 Å². The largest absolute Gasteiger partial charge is 0.478 e. The Morgan fingerprint density at radius 2 is 2.26 bits per heavy atom. The fraction of sp³-hybridized carbons (Fsp3) is 0.533. The molecule has 1 aliphatic rings. The van der Waals surface area contributed by atoms with Crippen LogP contribution in [-0.4, -0.2) is 37.9 Å². The molecule has 4 heteroatoms. The summed E-state index contributed by atoms with van der Waals surface area (Å²) < 4.78 is 5.06. The van der Waals surface area contributed by atoms with Crippen molar-refractivity contribution in [3.8, 4) is 0 Å². The molecule has 0 fully saturated rings. The number of benzene rings is 1. The van der Waals surface area contributed by atoms with E-state index < -0.39 is 5.97 Å². The van der Waals surface area contributed by atoms with Crippen LogP contribution in [0.4, 0.5) is 5.69 Å². The first-order valence-electron chi connectivity index (χ1n) is 6.83. The van der Waals surface area contributed by atoms with E-state index in [0.717, 1.165) is 56.6 Å². The van der Waals surface area contributed by atoms with Gasteiger partial charge in [0, 0.05) is 32.5 Å². The molecule has 0 saturated heterocycles. The minimum atomic E-state index is -0.821. The summed E-state index contributed by atoms with van der Waals surface area (Å²) in [4.78, 5) is 13.6. The van der Waals surface area contributed by atoms with Crippen LogP contribution in [0.3, 0.4) is 0 Å². The molecule has 104 valence electrons. The van der Waals surface area contributed by atoms with E-state index in [1.54, 1.807) is 13.2 Å². The highest BCUT2D eigenvalue weighted by Crippen LogP contribution is 2.30. The Bertz CT molecular complexity index is 445. The van der Waals surface area contributed by atoms with Gasteiger partial charge in [0.1, 0.15) is 0 Å². The number of carboxylic acid groups (broad SMARTS) is 1. The number of unbranched alkanes of at least 4 members (excludes halogenated alkanes) is 1. The standard InChI is InChI=1S/C15H21NO3/c1-19-11-3-2-9-16-10-5-7-12-13(15(17)18)6-4-8-14(12)16/h4,6,8H,2-3,5,7,9-11H2,1H3,(H,17,18). The van der Waals surface area contributed by atoms with Crippen LogP contribution in [0.2, 0.25) is 0 Å². The van der Waals surface area contributed by atoms with Gasteiger partial charge in [0.2, 0.25) is 0 Å². The van der Waals surface area contributed by atoms with Gasteiger partial charge in [-0.3, -0.25) is 0 Å². The van der Waals surface area contributed by atoms with Crippen LogP contribution in [0.1, 0.15) is 35.2 Å². The molecule has 4 nitrogen and oxygen atoms in total. The highest BCUT2D eigenvalue weighted by Gasteiger charge is 2.21. The first-order chi connectivity index (χ1) is 9.24. The van der Waals surface area contributed by atoms with Crippen molar-refractivity contribution in [3.05, 3.63) is 29.3 Å². The fourth-order valence-electron chi connectivity index (χ4n) is 2.68. The fourth-order valence-corrected chi connectivity index (χ4v) is 2.68. The van der Waals surface area contributed by atoms with Gasteiger partial charge in [-0.15, -0.1) is 0 Å². The van der Waals surface area contributed by atoms with Gasteiger partial charge in [-0.05, 0) is 43.4 Å². The third-order valence-electron chi connectivity index (χ3n) is 3.60. The van der Waals surface area contributed by atoms with Gasteiger partial charge in [-0.2, -0.15) is 0 Å². The molecule has 0 unspecified atom stereocenters. The first kappa shape index (κ1) is 13.9. The van der Waals surface area contributed by atoms with E-state index in [1.165, 1.54) is 0 Å². The Balaban J connectivity index is 2.11. The van der Waals surface area contributed by atoms with Crippen LogP contribution in [0, 0.1) is 0 Å². The first-order valence-corrected chi connectivity index (χ1v) is 6.83. The number of carboxylic acids is 1. The molecule has 1 aromatic rings. The van der Waals surface area contributed by atoms with Crippen molar-refractivity contribution in [2.24, 2.45) is 0 Å². The maximum atomic E-state index is 11.2. The second-order valence-electron chi connectivity index (χ2n) is 4.90. The summed E-state index contributed by atoms with van der Waals surface area (Å²) >= 11 is 0. The van der Waals surface area contributed by atoms with Gasteiger partial charge < -0.3 is 14.7 Å². The predicted octanol–water partition coefficient (Wildman–Crippen LogP) is 2.56. The maximum Gasteiger partial charge on any atom is 0.336 e. The molecule has 1 N–H and O–H groups in total. The van der Waals surface area contributed by atoms with E-state index in [4.69, 9.17) is 4.74 Å². The normalized spacial score (nSPS) is 14.3. The molecule has 0 spiro atoms. The number of methoxy groups -OCH3 is 1. The molecule has 0 aromatic heterocycles. The number of fused-ring (bicyclic) bond motifs is 1. The molecule has 0 radical (unpaired) electrons. The zero-order valence-electron chi connectivity index (χ0n) is 11.4. The van der Waals surface area contributed by atoms with E-state index in [2.05, 4.69) is 4.90 Å². The smallest absolute Gasteiger partial charge is 0.336 e. The van der Waals surface area contributed by atoms with Gasteiger partial charge in [0.15, 0.2) is 0 Å². The average molecular weight is 263 g/mol. The summed E-state index contributed by atoms with van der Waals surface area (Å²) in [5.41, 5.74) is 2.55. The monoisotopic (exact) mass is 263 g/mol. The van der Waals surface area contributed by atoms with Gasteiger partial charge >= 0.3 is 5.97 Å². The minimum Gasteiger partial charge on any atom is -0.478 e. The zero-order chi connectivity index (χ0) is 13.7. The zero-order valence-corrected chi connectivity index (χ0v) is 11.4. The lowest BCUT2D eigenvalue weighted by Crippen LogP contribution is -2.31. The molecule has 1 aliphatic heterocycles. The number of nitrogens with zero attached hydrogens (tertiary/aromatic N) is 1. The van der Waals surface area contributed by atoms with Gasteiger partial charge in [0.05, 0.1) is 5.56 Å². The number of hydrogen-bond donors (Lipinski definition) is 1. The maximum absolute atomic E-state index is 11.2. The number of carbonyl (C=O) groups is 1. The molecule has 0 bridgehead atoms. The molecule has 2 rings (SSSR count). The summed E-state index contributed by atoms with van der Waals surface area (Å²) in [6.45, 7) is 2.78. The number of hydrogen-bond acceptors (Lipinski definition) is 3. The van der Waals surface area contributed by atoms with E-state index >= 15 is 0 Å². The molecule has 0 atom stereocenters. The Kier molecular flexibility index (Phi) is 4.80. The highest BCUT2D eigenvalue weighted by atomic mass is 16.5. The lowest BCUT2D eigenvalue weighted by Gasteiger charge is -2.32. The quantitative estimate of drug-likeness (QED) is 0.801. The summed E-state index contributed by atoms with van der Waals surface area (Å²) in [6.07, 6.45) is 4.01. The summed E-state index contributed by atoms with van der Waals surface area (Å²) in [5, 5.41) is 9.24. The van der Waals surface area contributed by atoms with E-state index in [1.807, 2.05) is 12.1 Å². The lowest BCUT2D eigenvalue weighted by atomic mass is 9.96. The second kappa shape index (κ2) is 6.57. The highest BCUT2D eigenvalue weighted by molar-refractivity contribution is 5.91. The van der Waals surface area contributed by atoms with Gasteiger partial charge in [-0.25, -0.2) is 4.79 Å². The Hall–Kier alpha value is -1.55. The number of anilines is 1.